The zero-order chi connectivity index (χ0) is 9.71. The van der Waals surface area contributed by atoms with Crippen molar-refractivity contribution in [3.8, 4) is 0 Å². The van der Waals surface area contributed by atoms with Gasteiger partial charge in [0.25, 0.3) is 0 Å². The first kappa shape index (κ1) is 8.96. The molecule has 78 valence electrons. The van der Waals surface area contributed by atoms with Gasteiger partial charge in [-0.2, -0.15) is 0 Å². The van der Waals surface area contributed by atoms with Crippen molar-refractivity contribution in [2.24, 2.45) is 17.8 Å². The minimum Gasteiger partial charge on any atom is -0.310 e. The number of hydrogen-bond donors (Lipinski definition) is 1. The van der Waals surface area contributed by atoms with Gasteiger partial charge in [0.2, 0.25) is 0 Å². The van der Waals surface area contributed by atoms with Crippen molar-refractivity contribution >= 4 is 0 Å². The van der Waals surface area contributed by atoms with Gasteiger partial charge in [-0.3, -0.25) is 0 Å². The molecule has 1 heterocycles. The molecule has 2 bridgehead atoms. The molecule has 3 rings (SSSR count). The lowest BCUT2D eigenvalue weighted by atomic mass is 9.83. The largest absolute Gasteiger partial charge is 0.310 e. The van der Waals surface area contributed by atoms with Crippen LogP contribution in [0.25, 0.3) is 0 Å². The summed E-state index contributed by atoms with van der Waals surface area (Å²) in [6.07, 6.45) is 5.55. The van der Waals surface area contributed by atoms with Crippen LogP contribution in [0.5, 0.6) is 0 Å². The van der Waals surface area contributed by atoms with Gasteiger partial charge < -0.3 is 5.32 Å². The fraction of sp³-hybridized carbons (Fsp3) is 0.846. The number of nitrogens with one attached hydrogen (secondary N) is 1. The highest BCUT2D eigenvalue weighted by Crippen LogP contribution is 2.55. The summed E-state index contributed by atoms with van der Waals surface area (Å²) in [4.78, 5) is 0. The molecule has 3 fully saturated rings. The van der Waals surface area contributed by atoms with Gasteiger partial charge in [-0.15, -0.1) is 0 Å². The van der Waals surface area contributed by atoms with E-state index in [2.05, 4.69) is 19.2 Å². The molecule has 14 heavy (non-hydrogen) atoms. The minimum absolute atomic E-state index is 0.800. The van der Waals surface area contributed by atoms with E-state index in [-0.39, 0.29) is 0 Å². The minimum atomic E-state index is 0.800. The predicted octanol–water partition coefficient (Wildman–Crippen LogP) is 2.73. The zero-order valence-corrected chi connectivity index (χ0v) is 9.34. The van der Waals surface area contributed by atoms with Crippen LogP contribution in [-0.2, 0) is 0 Å². The Hall–Kier alpha value is -0.300. The average molecular weight is 191 g/mol. The molecule has 1 heteroatoms. The Balaban J connectivity index is 1.99. The number of fused-ring (bicyclic) bond motifs is 1. The third-order valence-electron chi connectivity index (χ3n) is 4.81. The predicted molar refractivity (Wildman–Crippen MR) is 59.1 cm³/mol. The quantitative estimate of drug-likeness (QED) is 0.662. The van der Waals surface area contributed by atoms with Gasteiger partial charge >= 0.3 is 0 Å². The highest BCUT2D eigenvalue weighted by molar-refractivity contribution is 5.33. The van der Waals surface area contributed by atoms with Crippen LogP contribution in [0.2, 0.25) is 0 Å². The second kappa shape index (κ2) is 3.10. The van der Waals surface area contributed by atoms with Gasteiger partial charge in [0.15, 0.2) is 0 Å². The van der Waals surface area contributed by atoms with Gasteiger partial charge in [-0.05, 0) is 50.0 Å². The number of hydrogen-bond acceptors (Lipinski definition) is 1. The summed E-state index contributed by atoms with van der Waals surface area (Å²) in [6, 6.07) is 0.800. The Bertz CT molecular complexity index is 271. The summed E-state index contributed by atoms with van der Waals surface area (Å²) in [6.45, 7) is 5.95. The normalized spacial score (nSPS) is 43.7. The number of allylic oxidation sites excluding steroid dienone is 1. The monoisotopic (exact) mass is 191 g/mol. The van der Waals surface area contributed by atoms with E-state index in [1.54, 1.807) is 5.57 Å². The van der Waals surface area contributed by atoms with Crippen LogP contribution in [0.3, 0.4) is 0 Å². The molecule has 0 spiro atoms. The molecule has 1 N–H and O–H groups in total. The summed E-state index contributed by atoms with van der Waals surface area (Å²) in [5, 5.41) is 3.75. The average Bonchev–Trinajstić information content (AvgIpc) is 2.78. The lowest BCUT2D eigenvalue weighted by molar-refractivity contribution is 0.436. The van der Waals surface area contributed by atoms with E-state index < -0.39 is 0 Å². The Labute approximate surface area is 87.0 Å². The van der Waals surface area contributed by atoms with Gasteiger partial charge in [0.05, 0.1) is 0 Å². The van der Waals surface area contributed by atoms with Crippen molar-refractivity contribution in [2.45, 2.75) is 45.6 Å². The van der Waals surface area contributed by atoms with Gasteiger partial charge in [-0.25, -0.2) is 0 Å². The molecule has 0 aromatic rings. The van der Waals surface area contributed by atoms with Crippen molar-refractivity contribution in [2.75, 3.05) is 6.54 Å². The summed E-state index contributed by atoms with van der Waals surface area (Å²) < 4.78 is 0. The number of rotatable bonds is 2. The lowest BCUT2D eigenvalue weighted by Gasteiger charge is -2.24. The summed E-state index contributed by atoms with van der Waals surface area (Å²) in [7, 11) is 0. The first-order chi connectivity index (χ1) is 6.85. The van der Waals surface area contributed by atoms with E-state index in [1.165, 1.54) is 32.2 Å². The van der Waals surface area contributed by atoms with Gasteiger partial charge in [0, 0.05) is 6.04 Å². The van der Waals surface area contributed by atoms with E-state index >= 15 is 0 Å². The Morgan fingerprint density at radius 2 is 2.07 bits per heavy atom. The Morgan fingerprint density at radius 1 is 1.29 bits per heavy atom. The van der Waals surface area contributed by atoms with Crippen LogP contribution >= 0.6 is 0 Å². The molecular weight excluding hydrogens is 170 g/mol. The maximum Gasteiger partial charge on any atom is 0.0316 e. The van der Waals surface area contributed by atoms with Crippen LogP contribution < -0.4 is 5.32 Å². The van der Waals surface area contributed by atoms with Crippen LogP contribution in [0.15, 0.2) is 11.1 Å². The highest BCUT2D eigenvalue weighted by atomic mass is 15.0. The van der Waals surface area contributed by atoms with Crippen molar-refractivity contribution in [1.29, 1.82) is 0 Å². The highest BCUT2D eigenvalue weighted by Gasteiger charge is 2.53. The van der Waals surface area contributed by atoms with E-state index in [1.807, 2.05) is 5.57 Å². The lowest BCUT2D eigenvalue weighted by Crippen LogP contribution is -2.27. The van der Waals surface area contributed by atoms with E-state index in [9.17, 15) is 0 Å². The molecule has 0 aromatic carbocycles. The molecule has 0 amide bonds. The molecule has 4 atom stereocenters. The molecule has 0 aromatic heterocycles. The topological polar surface area (TPSA) is 12.0 Å². The molecule has 2 aliphatic carbocycles. The smallest absolute Gasteiger partial charge is 0.0316 e. The Morgan fingerprint density at radius 3 is 2.79 bits per heavy atom. The maximum atomic E-state index is 3.75. The SMILES string of the molecule is CCC(CC)=C1C2CC3CNC1C3C2. The van der Waals surface area contributed by atoms with Gasteiger partial charge in [0.1, 0.15) is 0 Å². The summed E-state index contributed by atoms with van der Waals surface area (Å²) >= 11 is 0. The molecule has 1 nitrogen and oxygen atoms in total. The molecule has 1 aliphatic heterocycles. The van der Waals surface area contributed by atoms with E-state index in [0.717, 1.165) is 23.8 Å². The Kier molecular flexibility index (Phi) is 1.98. The zero-order valence-electron chi connectivity index (χ0n) is 9.34. The fourth-order valence-corrected chi connectivity index (χ4v) is 4.25. The van der Waals surface area contributed by atoms with Crippen molar-refractivity contribution in [1.82, 2.24) is 5.32 Å². The van der Waals surface area contributed by atoms with Crippen molar-refractivity contribution < 1.29 is 0 Å². The fourth-order valence-electron chi connectivity index (χ4n) is 4.25. The van der Waals surface area contributed by atoms with Crippen LogP contribution in [0.4, 0.5) is 0 Å². The van der Waals surface area contributed by atoms with Crippen LogP contribution in [-0.4, -0.2) is 12.6 Å². The van der Waals surface area contributed by atoms with Crippen LogP contribution in [0, 0.1) is 17.8 Å². The second-order valence-electron chi connectivity index (χ2n) is 5.24. The third kappa shape index (κ3) is 0.995. The molecular formula is C13H21N. The first-order valence-corrected chi connectivity index (χ1v) is 6.30. The van der Waals surface area contributed by atoms with Crippen LogP contribution in [0.1, 0.15) is 39.5 Å². The maximum absolute atomic E-state index is 3.75. The molecule has 4 unspecified atom stereocenters. The molecule has 0 radical (unpaired) electrons. The molecule has 2 saturated carbocycles. The summed E-state index contributed by atoms with van der Waals surface area (Å²) in [5.41, 5.74) is 3.60. The second-order valence-corrected chi connectivity index (χ2v) is 5.24. The van der Waals surface area contributed by atoms with E-state index in [4.69, 9.17) is 0 Å². The van der Waals surface area contributed by atoms with Crippen molar-refractivity contribution in [3.05, 3.63) is 11.1 Å². The molecule has 3 aliphatic rings. The van der Waals surface area contributed by atoms with Crippen molar-refractivity contribution in [3.63, 3.8) is 0 Å². The third-order valence-corrected chi connectivity index (χ3v) is 4.81. The van der Waals surface area contributed by atoms with E-state index in [0.29, 0.717) is 0 Å². The molecule has 1 saturated heterocycles. The standard InChI is InChI=1S/C13H21N/c1-3-8(4-2)12-9-5-10-7-14-13(12)11(10)6-9/h9-11,13-14H,3-7H2,1-2H3. The summed E-state index contributed by atoms with van der Waals surface area (Å²) in [5.74, 6) is 3.02. The van der Waals surface area contributed by atoms with Gasteiger partial charge in [-0.1, -0.05) is 25.0 Å². The first-order valence-electron chi connectivity index (χ1n) is 6.30.